The summed E-state index contributed by atoms with van der Waals surface area (Å²) in [6.07, 6.45) is 5.33. The molecule has 0 bridgehead atoms. The van der Waals surface area contributed by atoms with Gasteiger partial charge in [0, 0.05) is 6.04 Å². The van der Waals surface area contributed by atoms with Crippen molar-refractivity contribution in [3.63, 3.8) is 0 Å². The van der Waals surface area contributed by atoms with Crippen molar-refractivity contribution in [1.82, 2.24) is 0 Å². The summed E-state index contributed by atoms with van der Waals surface area (Å²) < 4.78 is 0. The van der Waals surface area contributed by atoms with Crippen molar-refractivity contribution >= 4 is 0 Å². The minimum Gasteiger partial charge on any atom is -0.324 e. The maximum Gasteiger partial charge on any atom is 0.0289 e. The van der Waals surface area contributed by atoms with Crippen LogP contribution in [0.25, 0.3) is 0 Å². The van der Waals surface area contributed by atoms with Crippen LogP contribution in [0.3, 0.4) is 0 Å². The Hall–Kier alpha value is -0.560. The number of hydrogen-bond acceptors (Lipinski definition) is 1. The van der Waals surface area contributed by atoms with Gasteiger partial charge in [-0.2, -0.15) is 0 Å². The molecule has 1 nitrogen and oxygen atoms in total. The van der Waals surface area contributed by atoms with Crippen LogP contribution in [0.4, 0.5) is 0 Å². The fraction of sp³-hybridized carbons (Fsp3) is 0.500. The van der Waals surface area contributed by atoms with E-state index in [9.17, 15) is 0 Å². The Morgan fingerprint density at radius 1 is 1.56 bits per heavy atom. The van der Waals surface area contributed by atoms with E-state index in [1.165, 1.54) is 11.1 Å². The van der Waals surface area contributed by atoms with E-state index in [0.717, 1.165) is 6.42 Å². The van der Waals surface area contributed by atoms with Gasteiger partial charge in [-0.25, -0.2) is 0 Å². The van der Waals surface area contributed by atoms with Gasteiger partial charge >= 0.3 is 0 Å². The summed E-state index contributed by atoms with van der Waals surface area (Å²) in [6.45, 7) is 4.19. The molecule has 50 valence electrons. The molecule has 0 spiro atoms. The molecule has 1 unspecified atom stereocenters. The summed E-state index contributed by atoms with van der Waals surface area (Å²) in [5, 5.41) is 0. The Kier molecular flexibility index (Phi) is 1.72. The van der Waals surface area contributed by atoms with E-state index in [2.05, 4.69) is 26.0 Å². The lowest BCUT2D eigenvalue weighted by molar-refractivity contribution is 0.767. The first kappa shape index (κ1) is 6.56. The van der Waals surface area contributed by atoms with Gasteiger partial charge in [0.05, 0.1) is 0 Å². The van der Waals surface area contributed by atoms with Gasteiger partial charge in [0.15, 0.2) is 0 Å². The summed E-state index contributed by atoms with van der Waals surface area (Å²) in [6, 6.07) is 0.272. The van der Waals surface area contributed by atoms with Crippen LogP contribution >= 0.6 is 0 Å². The highest BCUT2D eigenvalue weighted by Crippen LogP contribution is 2.14. The molecule has 0 heterocycles. The van der Waals surface area contributed by atoms with Crippen LogP contribution in [0.5, 0.6) is 0 Å². The minimum absolute atomic E-state index is 0.272. The van der Waals surface area contributed by atoms with Crippen LogP contribution in [0, 0.1) is 0 Å². The van der Waals surface area contributed by atoms with Crippen LogP contribution in [0.2, 0.25) is 0 Å². The molecule has 0 aromatic heterocycles. The normalized spacial score (nSPS) is 27.2. The Morgan fingerprint density at radius 3 is 2.67 bits per heavy atom. The Balaban J connectivity index is 2.74. The zero-order valence-corrected chi connectivity index (χ0v) is 6.02. The molecule has 0 fully saturated rings. The lowest BCUT2D eigenvalue weighted by atomic mass is 9.97. The lowest BCUT2D eigenvalue weighted by Gasteiger charge is -2.14. The molecule has 1 aliphatic carbocycles. The average molecular weight is 123 g/mol. The highest BCUT2D eigenvalue weighted by atomic mass is 14.6. The first-order valence-electron chi connectivity index (χ1n) is 3.30. The first-order chi connectivity index (χ1) is 4.20. The average Bonchev–Trinajstić information content (AvgIpc) is 1.80. The Labute approximate surface area is 56.2 Å². The smallest absolute Gasteiger partial charge is 0.0289 e. The minimum atomic E-state index is 0.272. The Bertz CT molecular complexity index is 165. The van der Waals surface area contributed by atoms with Crippen LogP contribution < -0.4 is 5.73 Å². The predicted molar refractivity (Wildman–Crippen MR) is 40.1 cm³/mol. The van der Waals surface area contributed by atoms with Crippen molar-refractivity contribution in [1.29, 1.82) is 0 Å². The number of hydrogen-bond donors (Lipinski definition) is 1. The summed E-state index contributed by atoms with van der Waals surface area (Å²) in [7, 11) is 0. The van der Waals surface area contributed by atoms with Crippen molar-refractivity contribution in [3.8, 4) is 0 Å². The fourth-order valence-corrected chi connectivity index (χ4v) is 1.02. The molecule has 0 radical (unpaired) electrons. The van der Waals surface area contributed by atoms with Gasteiger partial charge in [0.25, 0.3) is 0 Å². The highest BCUT2D eigenvalue weighted by Gasteiger charge is 2.06. The third kappa shape index (κ3) is 1.42. The quantitative estimate of drug-likeness (QED) is 0.520. The SMILES string of the molecule is CC1=CCC(N)C(C)=C1. The van der Waals surface area contributed by atoms with E-state index < -0.39 is 0 Å². The summed E-state index contributed by atoms with van der Waals surface area (Å²) in [4.78, 5) is 0. The van der Waals surface area contributed by atoms with Crippen LogP contribution in [0.15, 0.2) is 23.3 Å². The molecule has 0 saturated heterocycles. The van der Waals surface area contributed by atoms with Crippen LogP contribution in [-0.2, 0) is 0 Å². The molecule has 0 amide bonds. The monoisotopic (exact) mass is 123 g/mol. The number of nitrogens with two attached hydrogens (primary N) is 1. The third-order valence-electron chi connectivity index (χ3n) is 1.73. The molecule has 0 aliphatic heterocycles. The summed E-state index contributed by atoms with van der Waals surface area (Å²) in [5.41, 5.74) is 8.37. The van der Waals surface area contributed by atoms with E-state index >= 15 is 0 Å². The molecule has 1 heteroatoms. The molecule has 1 atom stereocenters. The second-order valence-corrected chi connectivity index (χ2v) is 2.68. The van der Waals surface area contributed by atoms with Gasteiger partial charge in [-0.1, -0.05) is 23.3 Å². The van der Waals surface area contributed by atoms with Crippen molar-refractivity contribution in [2.24, 2.45) is 5.73 Å². The van der Waals surface area contributed by atoms with E-state index in [-0.39, 0.29) is 6.04 Å². The molecule has 0 aromatic rings. The van der Waals surface area contributed by atoms with Gasteiger partial charge in [-0.3, -0.25) is 0 Å². The van der Waals surface area contributed by atoms with Gasteiger partial charge in [0.1, 0.15) is 0 Å². The maximum absolute atomic E-state index is 5.73. The van der Waals surface area contributed by atoms with Gasteiger partial charge in [0.2, 0.25) is 0 Å². The van der Waals surface area contributed by atoms with Crippen LogP contribution in [-0.4, -0.2) is 6.04 Å². The molecule has 1 aliphatic rings. The molecule has 0 saturated carbocycles. The largest absolute Gasteiger partial charge is 0.324 e. The molecular weight excluding hydrogens is 110 g/mol. The first-order valence-corrected chi connectivity index (χ1v) is 3.30. The van der Waals surface area contributed by atoms with Crippen molar-refractivity contribution in [3.05, 3.63) is 23.3 Å². The lowest BCUT2D eigenvalue weighted by Crippen LogP contribution is -2.22. The van der Waals surface area contributed by atoms with Crippen molar-refractivity contribution < 1.29 is 0 Å². The topological polar surface area (TPSA) is 26.0 Å². The maximum atomic E-state index is 5.73. The van der Waals surface area contributed by atoms with Crippen molar-refractivity contribution in [2.45, 2.75) is 26.3 Å². The molecule has 1 rings (SSSR count). The van der Waals surface area contributed by atoms with Gasteiger partial charge in [-0.05, 0) is 20.3 Å². The molecule has 0 aromatic carbocycles. The van der Waals surface area contributed by atoms with E-state index in [1.54, 1.807) is 0 Å². The molecule has 2 N–H and O–H groups in total. The summed E-state index contributed by atoms with van der Waals surface area (Å²) in [5.74, 6) is 0. The van der Waals surface area contributed by atoms with E-state index in [4.69, 9.17) is 5.73 Å². The summed E-state index contributed by atoms with van der Waals surface area (Å²) >= 11 is 0. The zero-order valence-electron chi connectivity index (χ0n) is 6.02. The van der Waals surface area contributed by atoms with Gasteiger partial charge in [-0.15, -0.1) is 0 Å². The van der Waals surface area contributed by atoms with Crippen molar-refractivity contribution in [2.75, 3.05) is 0 Å². The number of rotatable bonds is 0. The predicted octanol–water partition coefficient (Wildman–Crippen LogP) is 1.61. The Morgan fingerprint density at radius 2 is 2.22 bits per heavy atom. The zero-order chi connectivity index (χ0) is 6.85. The van der Waals surface area contributed by atoms with E-state index in [1.807, 2.05) is 0 Å². The third-order valence-corrected chi connectivity index (χ3v) is 1.73. The molecular formula is C8H13N. The highest BCUT2D eigenvalue weighted by molar-refractivity contribution is 5.28. The van der Waals surface area contributed by atoms with Gasteiger partial charge < -0.3 is 5.73 Å². The second-order valence-electron chi connectivity index (χ2n) is 2.68. The van der Waals surface area contributed by atoms with E-state index in [0.29, 0.717) is 0 Å². The fourth-order valence-electron chi connectivity index (χ4n) is 1.02. The standard InChI is InChI=1S/C8H13N/c1-6-3-4-8(9)7(2)5-6/h3,5,8H,4,9H2,1-2H3. The molecule has 9 heavy (non-hydrogen) atoms. The number of allylic oxidation sites excluding steroid dienone is 2. The van der Waals surface area contributed by atoms with Crippen LogP contribution in [0.1, 0.15) is 20.3 Å². The second kappa shape index (κ2) is 2.36.